The number of hydrogen-bond donors (Lipinski definition) is 2. The lowest BCUT2D eigenvalue weighted by Gasteiger charge is -2.04. The molecule has 0 bridgehead atoms. The normalized spacial score (nSPS) is 10.6. The van der Waals surface area contributed by atoms with Crippen LogP contribution in [0.4, 0.5) is 5.69 Å². The zero-order valence-corrected chi connectivity index (χ0v) is 9.18. The molecule has 2 N–H and O–H groups in total. The van der Waals surface area contributed by atoms with Gasteiger partial charge in [-0.3, -0.25) is 0 Å². The van der Waals surface area contributed by atoms with Crippen LogP contribution in [0.2, 0.25) is 0 Å². The maximum Gasteiger partial charge on any atom is 0.157 e. The summed E-state index contributed by atoms with van der Waals surface area (Å²) in [5.41, 5.74) is -0.00150. The van der Waals surface area contributed by atoms with E-state index in [1.807, 2.05) is 0 Å². The maximum atomic E-state index is 10.6. The van der Waals surface area contributed by atoms with Gasteiger partial charge < -0.3 is 5.11 Å². The van der Waals surface area contributed by atoms with Crippen molar-refractivity contribution in [1.82, 2.24) is 0 Å². The van der Waals surface area contributed by atoms with Crippen LogP contribution in [0.5, 0.6) is 5.75 Å². The van der Waals surface area contributed by atoms with Crippen molar-refractivity contribution in [2.75, 3.05) is 0 Å². The summed E-state index contributed by atoms with van der Waals surface area (Å²) >= 11 is 0.809. The summed E-state index contributed by atoms with van der Waals surface area (Å²) in [6.45, 7) is 0. The van der Waals surface area contributed by atoms with Gasteiger partial charge in [-0.1, -0.05) is 17.2 Å². The van der Waals surface area contributed by atoms with E-state index in [9.17, 15) is 10.0 Å². The van der Waals surface area contributed by atoms with Crippen LogP contribution in [0.3, 0.4) is 0 Å². The summed E-state index contributed by atoms with van der Waals surface area (Å²) < 4.78 is 4.29. The summed E-state index contributed by atoms with van der Waals surface area (Å²) in [7, 11) is 0. The van der Waals surface area contributed by atoms with E-state index in [1.54, 1.807) is 24.3 Å². The van der Waals surface area contributed by atoms with Gasteiger partial charge >= 0.3 is 0 Å². The van der Waals surface area contributed by atoms with Crippen molar-refractivity contribution in [1.29, 1.82) is 0 Å². The molecule has 0 saturated carbocycles. The number of fused-ring (bicyclic) bond motifs is 1. The molecule has 6 nitrogen and oxygen atoms in total. The zero-order valence-electron chi connectivity index (χ0n) is 8.36. The first-order valence-corrected chi connectivity index (χ1v) is 5.24. The molecule has 88 valence electrons. The molecule has 0 aromatic heterocycles. The average molecular weight is 253 g/mol. The second-order valence-corrected chi connectivity index (χ2v) is 3.91. The number of phenols is 1. The van der Waals surface area contributed by atoms with Gasteiger partial charge in [-0.05, 0) is 28.8 Å². The highest BCUT2D eigenvalue weighted by molar-refractivity contribution is 7.94. The molecule has 0 aliphatic heterocycles. The summed E-state index contributed by atoms with van der Waals surface area (Å²) in [5.74, 6) is -0.164. The van der Waals surface area contributed by atoms with E-state index in [-0.39, 0.29) is 11.4 Å². The Bertz CT molecular complexity index is 560. The fourth-order valence-electron chi connectivity index (χ4n) is 1.48. The van der Waals surface area contributed by atoms with E-state index < -0.39 is 0 Å². The molecule has 0 fully saturated rings. The molecule has 0 aliphatic carbocycles. The first-order chi connectivity index (χ1) is 8.26. The monoisotopic (exact) mass is 253 g/mol. The van der Waals surface area contributed by atoms with E-state index in [2.05, 4.69) is 14.5 Å². The summed E-state index contributed by atoms with van der Waals surface area (Å²) in [6.07, 6.45) is 0. The van der Waals surface area contributed by atoms with E-state index in [0.29, 0.717) is 15.7 Å². The number of benzene rings is 2. The second-order valence-electron chi connectivity index (χ2n) is 3.13. The Balaban J connectivity index is 2.49. The first kappa shape index (κ1) is 11.8. The van der Waals surface area contributed by atoms with Gasteiger partial charge in [0.25, 0.3) is 0 Å². The number of aromatic hydroxyl groups is 1. The van der Waals surface area contributed by atoms with Gasteiger partial charge in [0.15, 0.2) is 5.69 Å². The van der Waals surface area contributed by atoms with Crippen LogP contribution in [-0.4, -0.2) is 10.4 Å². The Morgan fingerprint density at radius 2 is 2.06 bits per heavy atom. The highest BCUT2D eigenvalue weighted by Crippen LogP contribution is 2.36. The fraction of sp³-hybridized carbons (Fsp3) is 0. The molecular formula is C10H7NO5S. The van der Waals surface area contributed by atoms with E-state index in [0.717, 1.165) is 12.0 Å². The highest BCUT2D eigenvalue weighted by atomic mass is 32.2. The lowest BCUT2D eigenvalue weighted by molar-refractivity contribution is -0.432. The van der Waals surface area contributed by atoms with Gasteiger partial charge in [0.05, 0.1) is 12.0 Å². The lowest BCUT2D eigenvalue weighted by Crippen LogP contribution is -1.80. The topological polar surface area (TPSA) is 88.4 Å². The predicted molar refractivity (Wildman–Crippen MR) is 61.7 cm³/mol. The molecule has 2 rings (SSSR count). The molecule has 0 aliphatic rings. The van der Waals surface area contributed by atoms with Gasteiger partial charge in [-0.2, -0.15) is 0 Å². The third kappa shape index (κ3) is 2.37. The van der Waals surface area contributed by atoms with Crippen LogP contribution in [-0.2, 0) is 9.37 Å². The fourth-order valence-corrected chi connectivity index (χ4v) is 1.89. The third-order valence-electron chi connectivity index (χ3n) is 2.19. The zero-order chi connectivity index (χ0) is 12.3. The minimum atomic E-state index is -0.164. The van der Waals surface area contributed by atoms with Crippen molar-refractivity contribution in [3.63, 3.8) is 0 Å². The van der Waals surface area contributed by atoms with Crippen LogP contribution < -0.4 is 0 Å². The molecule has 0 saturated heterocycles. The second kappa shape index (κ2) is 5.11. The smallest absolute Gasteiger partial charge is 0.157 e. The Morgan fingerprint density at radius 3 is 2.76 bits per heavy atom. The van der Waals surface area contributed by atoms with Crippen LogP contribution in [0.1, 0.15) is 0 Å². The van der Waals surface area contributed by atoms with Crippen molar-refractivity contribution in [2.24, 2.45) is 5.18 Å². The van der Waals surface area contributed by atoms with Gasteiger partial charge in [-0.25, -0.2) is 5.26 Å². The molecule has 2 aromatic rings. The largest absolute Gasteiger partial charge is 0.506 e. The molecule has 2 aromatic carbocycles. The molecule has 17 heavy (non-hydrogen) atoms. The Labute approximate surface area is 99.8 Å². The van der Waals surface area contributed by atoms with Crippen LogP contribution in [0.25, 0.3) is 10.8 Å². The Morgan fingerprint density at radius 1 is 1.24 bits per heavy atom. The molecule has 0 unspecified atom stereocenters. The Hall–Kier alpha value is -1.67. The number of phenolic OH excluding ortho intramolecular Hbond substituents is 1. The molecule has 0 spiro atoms. The lowest BCUT2D eigenvalue weighted by atomic mass is 10.1. The van der Waals surface area contributed by atoms with Gasteiger partial charge in [-0.15, -0.1) is 9.24 Å². The quantitative estimate of drug-likeness (QED) is 0.376. The average Bonchev–Trinajstić information content (AvgIpc) is 2.36. The molecule has 0 atom stereocenters. The highest BCUT2D eigenvalue weighted by Gasteiger charge is 2.08. The van der Waals surface area contributed by atoms with Crippen LogP contribution in [0, 0.1) is 4.91 Å². The standard InChI is InChI=1S/C10H7NO5S/c12-9-4-1-6-5-7(17-16-15-14)2-3-8(6)10(9)11-13/h1-5,12,14H. The maximum absolute atomic E-state index is 10.6. The van der Waals surface area contributed by atoms with Gasteiger partial charge in [0, 0.05) is 10.3 Å². The predicted octanol–water partition coefficient (Wildman–Crippen LogP) is 3.37. The third-order valence-corrected chi connectivity index (χ3v) is 2.77. The van der Waals surface area contributed by atoms with E-state index in [1.165, 1.54) is 6.07 Å². The molecule has 0 heterocycles. The number of nitrogens with zero attached hydrogens (tertiary/aromatic N) is 1. The first-order valence-electron chi connectivity index (χ1n) is 4.50. The minimum absolute atomic E-state index is 0.00150. The van der Waals surface area contributed by atoms with E-state index >= 15 is 0 Å². The van der Waals surface area contributed by atoms with Crippen molar-refractivity contribution >= 4 is 28.5 Å². The van der Waals surface area contributed by atoms with Gasteiger partial charge in [0.2, 0.25) is 0 Å². The summed E-state index contributed by atoms with van der Waals surface area (Å²) in [4.78, 5) is 11.3. The number of nitroso groups, excluding NO2 is 1. The molecular weight excluding hydrogens is 246 g/mol. The Kier molecular flexibility index (Phi) is 3.55. The van der Waals surface area contributed by atoms with Crippen LogP contribution in [0.15, 0.2) is 40.4 Å². The van der Waals surface area contributed by atoms with Crippen molar-refractivity contribution in [3.8, 4) is 5.75 Å². The minimum Gasteiger partial charge on any atom is -0.506 e. The van der Waals surface area contributed by atoms with E-state index in [4.69, 9.17) is 5.26 Å². The summed E-state index contributed by atoms with van der Waals surface area (Å²) in [5, 5.41) is 25.0. The summed E-state index contributed by atoms with van der Waals surface area (Å²) in [6, 6.07) is 7.99. The molecule has 7 heteroatoms. The van der Waals surface area contributed by atoms with Crippen molar-refractivity contribution in [3.05, 3.63) is 35.2 Å². The number of rotatable bonds is 4. The molecule has 0 amide bonds. The molecule has 0 radical (unpaired) electrons. The number of hydrogen-bond acceptors (Lipinski definition) is 7. The van der Waals surface area contributed by atoms with Crippen molar-refractivity contribution in [2.45, 2.75) is 4.90 Å². The van der Waals surface area contributed by atoms with Crippen molar-refractivity contribution < 1.29 is 19.7 Å². The SMILES string of the molecule is O=Nc1c(O)ccc2cc(SOOO)ccc12. The van der Waals surface area contributed by atoms with Gasteiger partial charge in [0.1, 0.15) is 5.75 Å². The van der Waals surface area contributed by atoms with Crippen LogP contribution >= 0.6 is 12.0 Å².